The van der Waals surface area contributed by atoms with Crippen molar-refractivity contribution in [3.05, 3.63) is 34.9 Å². The van der Waals surface area contributed by atoms with E-state index in [0.29, 0.717) is 6.54 Å². The zero-order valence-electron chi connectivity index (χ0n) is 13.9. The van der Waals surface area contributed by atoms with E-state index in [2.05, 4.69) is 20.7 Å². The molecule has 138 valence electrons. The number of thiazole rings is 1. The predicted octanol–water partition coefficient (Wildman–Crippen LogP) is 3.37. The van der Waals surface area contributed by atoms with Gasteiger partial charge in [-0.2, -0.15) is 0 Å². The van der Waals surface area contributed by atoms with Crippen molar-refractivity contribution >= 4 is 42.1 Å². The van der Waals surface area contributed by atoms with Gasteiger partial charge in [-0.05, 0) is 31.4 Å². The van der Waals surface area contributed by atoms with Crippen molar-refractivity contribution < 1.29 is 4.79 Å². The summed E-state index contributed by atoms with van der Waals surface area (Å²) in [6, 6.07) is 3.92. The Hall–Kier alpha value is -1.21. The van der Waals surface area contributed by atoms with Crippen LogP contribution in [0.15, 0.2) is 29.9 Å². The topological polar surface area (TPSA) is 80.9 Å². The number of rotatable bonds is 6. The zero-order valence-corrected chi connectivity index (χ0v) is 16.4. The van der Waals surface area contributed by atoms with Gasteiger partial charge in [-0.25, -0.2) is 4.98 Å². The molecular formula is C17H24Cl2N4OS. The Morgan fingerprint density at radius 2 is 1.92 bits per heavy atom. The van der Waals surface area contributed by atoms with Gasteiger partial charge in [0.2, 0.25) is 5.91 Å². The fourth-order valence-corrected chi connectivity index (χ4v) is 3.78. The third-order valence-electron chi connectivity index (χ3n) is 4.33. The Balaban J connectivity index is 0.00000156. The quantitative estimate of drug-likeness (QED) is 0.725. The molecule has 8 heteroatoms. The van der Waals surface area contributed by atoms with Crippen LogP contribution in [0, 0.1) is 0 Å². The lowest BCUT2D eigenvalue weighted by atomic mass is 9.98. The molecule has 0 spiro atoms. The van der Waals surface area contributed by atoms with Crippen LogP contribution in [-0.4, -0.2) is 28.0 Å². The number of nitrogens with zero attached hydrogens (tertiary/aromatic N) is 2. The van der Waals surface area contributed by atoms with Crippen LogP contribution in [0.25, 0.3) is 11.3 Å². The lowest BCUT2D eigenvalue weighted by Crippen LogP contribution is -2.52. The molecule has 0 unspecified atom stereocenters. The van der Waals surface area contributed by atoms with E-state index >= 15 is 0 Å². The molecule has 1 fully saturated rings. The minimum absolute atomic E-state index is 0. The second-order valence-corrected chi connectivity index (χ2v) is 7.03. The van der Waals surface area contributed by atoms with Crippen molar-refractivity contribution in [1.29, 1.82) is 0 Å². The molecule has 2 aromatic heterocycles. The molecule has 1 aliphatic rings. The molecule has 0 bridgehead atoms. The number of hydrogen-bond donors (Lipinski definition) is 2. The number of hydrogen-bond acceptors (Lipinski definition) is 5. The number of nitrogens with two attached hydrogens (primary N) is 1. The van der Waals surface area contributed by atoms with Gasteiger partial charge in [0.1, 0.15) is 0 Å². The van der Waals surface area contributed by atoms with Crippen LogP contribution in [0.2, 0.25) is 0 Å². The molecule has 0 radical (unpaired) electrons. The first kappa shape index (κ1) is 21.8. The number of pyridine rings is 1. The average molecular weight is 403 g/mol. The van der Waals surface area contributed by atoms with Gasteiger partial charge in [-0.15, -0.1) is 36.2 Å². The lowest BCUT2D eigenvalue weighted by molar-refractivity contribution is -0.126. The molecule has 1 saturated carbocycles. The predicted molar refractivity (Wildman–Crippen MR) is 107 cm³/mol. The second kappa shape index (κ2) is 10.1. The Labute approximate surface area is 164 Å². The highest BCUT2D eigenvalue weighted by Crippen LogP contribution is 2.27. The molecule has 0 aromatic carbocycles. The lowest BCUT2D eigenvalue weighted by Gasteiger charge is -2.22. The first-order chi connectivity index (χ1) is 11.2. The van der Waals surface area contributed by atoms with E-state index in [1.54, 1.807) is 23.7 Å². The molecule has 1 amide bonds. The summed E-state index contributed by atoms with van der Waals surface area (Å²) in [6.45, 7) is 0.655. The first-order valence-electron chi connectivity index (χ1n) is 8.09. The third kappa shape index (κ3) is 5.64. The highest BCUT2D eigenvalue weighted by molar-refractivity contribution is 7.09. The summed E-state index contributed by atoms with van der Waals surface area (Å²) in [4.78, 5) is 20.8. The first-order valence-corrected chi connectivity index (χ1v) is 8.97. The maximum Gasteiger partial charge on any atom is 0.240 e. The molecule has 25 heavy (non-hydrogen) atoms. The Morgan fingerprint density at radius 1 is 1.24 bits per heavy atom. The summed E-state index contributed by atoms with van der Waals surface area (Å²) in [6.07, 6.45) is 9.02. The van der Waals surface area contributed by atoms with E-state index in [1.165, 1.54) is 0 Å². The van der Waals surface area contributed by atoms with Crippen molar-refractivity contribution in [2.75, 3.05) is 6.54 Å². The van der Waals surface area contributed by atoms with E-state index in [-0.39, 0.29) is 30.7 Å². The fourth-order valence-electron chi connectivity index (χ4n) is 2.93. The number of nitrogens with one attached hydrogen (secondary N) is 1. The van der Waals surface area contributed by atoms with Gasteiger partial charge in [0.05, 0.1) is 16.2 Å². The molecule has 3 rings (SSSR count). The van der Waals surface area contributed by atoms with Crippen LogP contribution in [0.4, 0.5) is 0 Å². The normalized spacial score (nSPS) is 15.1. The molecule has 0 saturated heterocycles. The van der Waals surface area contributed by atoms with Crippen LogP contribution >= 0.6 is 36.2 Å². The third-order valence-corrected chi connectivity index (χ3v) is 5.24. The van der Waals surface area contributed by atoms with Gasteiger partial charge in [0, 0.05) is 36.3 Å². The molecular weight excluding hydrogens is 379 g/mol. The summed E-state index contributed by atoms with van der Waals surface area (Å²) in [5.41, 5.74) is 7.58. The highest BCUT2D eigenvalue weighted by Gasteiger charge is 2.36. The van der Waals surface area contributed by atoms with Crippen molar-refractivity contribution in [3.63, 3.8) is 0 Å². The smallest absolute Gasteiger partial charge is 0.240 e. The minimum atomic E-state index is -0.629. The monoisotopic (exact) mass is 402 g/mol. The van der Waals surface area contributed by atoms with Crippen molar-refractivity contribution in [2.24, 2.45) is 5.73 Å². The molecule has 0 aliphatic heterocycles. The van der Waals surface area contributed by atoms with Crippen LogP contribution < -0.4 is 11.1 Å². The van der Waals surface area contributed by atoms with Gasteiger partial charge >= 0.3 is 0 Å². The fraction of sp³-hybridized carbons (Fsp3) is 0.471. The molecule has 2 aromatic rings. The standard InChI is InChI=1S/C17H22N4OS.2ClH/c18-17(7-1-2-8-17)16(22)20-9-3-4-15-21-14(12-23-15)13-5-10-19-11-6-13;;/h5-6,10-12H,1-4,7-9,18H2,(H,20,22);2*1H. The van der Waals surface area contributed by atoms with Crippen LogP contribution in [-0.2, 0) is 11.2 Å². The number of carbonyl (C=O) groups excluding carboxylic acids is 1. The summed E-state index contributed by atoms with van der Waals surface area (Å²) < 4.78 is 0. The van der Waals surface area contributed by atoms with E-state index in [4.69, 9.17) is 5.73 Å². The molecule has 1 aliphatic carbocycles. The van der Waals surface area contributed by atoms with Crippen molar-refractivity contribution in [2.45, 2.75) is 44.1 Å². The van der Waals surface area contributed by atoms with E-state index in [1.807, 2.05) is 12.1 Å². The maximum atomic E-state index is 12.1. The van der Waals surface area contributed by atoms with Crippen LogP contribution in [0.1, 0.15) is 37.1 Å². The molecule has 0 atom stereocenters. The maximum absolute atomic E-state index is 12.1. The summed E-state index contributed by atoms with van der Waals surface area (Å²) in [7, 11) is 0. The minimum Gasteiger partial charge on any atom is -0.354 e. The SMILES string of the molecule is Cl.Cl.NC1(C(=O)NCCCc2nc(-c3ccncc3)cs2)CCCC1. The Morgan fingerprint density at radius 3 is 2.60 bits per heavy atom. The van der Waals surface area contributed by atoms with Crippen molar-refractivity contribution in [3.8, 4) is 11.3 Å². The molecule has 5 nitrogen and oxygen atoms in total. The Kier molecular flexibility index (Phi) is 8.79. The van der Waals surface area contributed by atoms with E-state index in [0.717, 1.165) is 54.8 Å². The zero-order chi connectivity index (χ0) is 16.1. The number of aryl methyl sites for hydroxylation is 1. The van der Waals surface area contributed by atoms with Gasteiger partial charge in [0.25, 0.3) is 0 Å². The van der Waals surface area contributed by atoms with Gasteiger partial charge in [-0.3, -0.25) is 9.78 Å². The van der Waals surface area contributed by atoms with Crippen molar-refractivity contribution in [1.82, 2.24) is 15.3 Å². The van der Waals surface area contributed by atoms with E-state index in [9.17, 15) is 4.79 Å². The average Bonchev–Trinajstić information content (AvgIpc) is 3.22. The van der Waals surface area contributed by atoms with Crippen LogP contribution in [0.3, 0.4) is 0 Å². The largest absolute Gasteiger partial charge is 0.354 e. The number of amides is 1. The van der Waals surface area contributed by atoms with E-state index < -0.39 is 5.54 Å². The van der Waals surface area contributed by atoms with Gasteiger partial charge < -0.3 is 11.1 Å². The number of halogens is 2. The second-order valence-electron chi connectivity index (χ2n) is 6.09. The number of carbonyl (C=O) groups is 1. The molecule has 2 heterocycles. The summed E-state index contributed by atoms with van der Waals surface area (Å²) in [5, 5.41) is 6.14. The summed E-state index contributed by atoms with van der Waals surface area (Å²) in [5.74, 6) is 0.00612. The Bertz CT molecular complexity index is 660. The molecule has 3 N–H and O–H groups in total. The van der Waals surface area contributed by atoms with Gasteiger partial charge in [-0.1, -0.05) is 12.8 Å². The summed E-state index contributed by atoms with van der Waals surface area (Å²) >= 11 is 1.66. The highest BCUT2D eigenvalue weighted by atomic mass is 35.5. The van der Waals surface area contributed by atoms with Gasteiger partial charge in [0.15, 0.2) is 0 Å². The number of aromatic nitrogens is 2. The van der Waals surface area contributed by atoms with Crippen LogP contribution in [0.5, 0.6) is 0 Å².